The molecule has 0 rings (SSSR count). The summed E-state index contributed by atoms with van der Waals surface area (Å²) in [6, 6.07) is -0.627. The van der Waals surface area contributed by atoms with E-state index in [-0.39, 0.29) is 18.5 Å². The van der Waals surface area contributed by atoms with Crippen molar-refractivity contribution in [3.8, 4) is 0 Å². The molecule has 0 aromatic heterocycles. The third-order valence-corrected chi connectivity index (χ3v) is 14.1. The molecule has 0 aliphatic carbocycles. The van der Waals surface area contributed by atoms with Gasteiger partial charge >= 0.3 is 5.97 Å². The molecule has 0 heterocycles. The smallest absolute Gasteiger partial charge is 0.305 e. The van der Waals surface area contributed by atoms with Crippen LogP contribution in [0, 0.1) is 0 Å². The van der Waals surface area contributed by atoms with Crippen molar-refractivity contribution in [2.75, 3.05) is 13.2 Å². The van der Waals surface area contributed by atoms with Crippen LogP contribution in [0.3, 0.4) is 0 Å². The van der Waals surface area contributed by atoms with Crippen LogP contribution in [-0.4, -0.2) is 47.4 Å². The van der Waals surface area contributed by atoms with Crippen LogP contribution >= 0.6 is 0 Å². The van der Waals surface area contributed by atoms with Gasteiger partial charge in [0, 0.05) is 12.8 Å². The molecule has 0 saturated carbocycles. The van der Waals surface area contributed by atoms with Crippen molar-refractivity contribution in [3.63, 3.8) is 0 Å². The van der Waals surface area contributed by atoms with Crippen LogP contribution < -0.4 is 5.32 Å². The van der Waals surface area contributed by atoms with Crippen molar-refractivity contribution in [1.29, 1.82) is 0 Å². The summed E-state index contributed by atoms with van der Waals surface area (Å²) < 4.78 is 5.50. The topological polar surface area (TPSA) is 95.9 Å². The van der Waals surface area contributed by atoms with Crippen LogP contribution in [-0.2, 0) is 14.3 Å². The molecule has 1 amide bonds. The minimum atomic E-state index is -0.843. The van der Waals surface area contributed by atoms with Gasteiger partial charge in [-0.2, -0.15) is 0 Å². The number of ether oxygens (including phenoxy) is 1. The van der Waals surface area contributed by atoms with E-state index >= 15 is 0 Å². The van der Waals surface area contributed by atoms with Crippen LogP contribution in [0.15, 0.2) is 12.2 Å². The lowest BCUT2D eigenvalue weighted by atomic mass is 10.0. The Morgan fingerprint density at radius 2 is 0.697 bits per heavy atom. The van der Waals surface area contributed by atoms with Gasteiger partial charge in [-0.15, -0.1) is 0 Å². The van der Waals surface area contributed by atoms with E-state index in [0.29, 0.717) is 19.4 Å². The molecule has 392 valence electrons. The Morgan fingerprint density at radius 3 is 1.03 bits per heavy atom. The molecular formula is C60H117NO5. The first-order chi connectivity index (χ1) is 32.5. The number of aliphatic hydroxyl groups excluding tert-OH is 2. The highest BCUT2D eigenvalue weighted by atomic mass is 16.5. The summed E-state index contributed by atoms with van der Waals surface area (Å²) in [5.74, 6) is -0.0550. The molecule has 0 saturated heterocycles. The van der Waals surface area contributed by atoms with E-state index in [9.17, 15) is 19.8 Å². The van der Waals surface area contributed by atoms with Crippen LogP contribution in [0.1, 0.15) is 335 Å². The molecule has 6 heteroatoms. The summed E-state index contributed by atoms with van der Waals surface area (Å²) >= 11 is 0. The van der Waals surface area contributed by atoms with Gasteiger partial charge in [-0.25, -0.2) is 0 Å². The van der Waals surface area contributed by atoms with Gasteiger partial charge in [-0.05, 0) is 32.1 Å². The Hall–Kier alpha value is -1.40. The highest BCUT2D eigenvalue weighted by Gasteiger charge is 2.18. The number of hydrogen-bond donors (Lipinski definition) is 3. The molecule has 0 bridgehead atoms. The number of aliphatic hydroxyl groups is 2. The lowest BCUT2D eigenvalue weighted by Crippen LogP contribution is -2.45. The van der Waals surface area contributed by atoms with Crippen molar-refractivity contribution >= 4 is 11.9 Å². The summed E-state index contributed by atoms with van der Waals surface area (Å²) in [5.41, 5.74) is 0. The minimum absolute atomic E-state index is 0.0147. The molecule has 0 aromatic rings. The van der Waals surface area contributed by atoms with Gasteiger partial charge in [0.05, 0.1) is 25.4 Å². The molecule has 0 aromatic carbocycles. The second-order valence-corrected chi connectivity index (χ2v) is 20.7. The average Bonchev–Trinajstić information content (AvgIpc) is 3.32. The van der Waals surface area contributed by atoms with Gasteiger partial charge in [-0.1, -0.05) is 302 Å². The molecule has 3 N–H and O–H groups in total. The van der Waals surface area contributed by atoms with Crippen LogP contribution in [0.5, 0.6) is 0 Å². The number of carbonyl (C=O) groups is 2. The predicted octanol–water partition coefficient (Wildman–Crippen LogP) is 18.5. The van der Waals surface area contributed by atoms with Crippen molar-refractivity contribution < 1.29 is 24.5 Å². The first-order valence-corrected chi connectivity index (χ1v) is 30.0. The quantitative estimate of drug-likeness (QED) is 0.0321. The van der Waals surface area contributed by atoms with Crippen molar-refractivity contribution in [2.24, 2.45) is 0 Å². The lowest BCUT2D eigenvalue weighted by molar-refractivity contribution is -0.143. The fourth-order valence-corrected chi connectivity index (χ4v) is 9.46. The molecule has 2 unspecified atom stereocenters. The average molecular weight is 933 g/mol. The number of esters is 1. The lowest BCUT2D eigenvalue weighted by Gasteiger charge is -2.20. The summed E-state index contributed by atoms with van der Waals surface area (Å²) in [4.78, 5) is 24.5. The van der Waals surface area contributed by atoms with E-state index in [1.54, 1.807) is 6.08 Å². The van der Waals surface area contributed by atoms with E-state index in [4.69, 9.17) is 4.74 Å². The zero-order chi connectivity index (χ0) is 47.9. The summed E-state index contributed by atoms with van der Waals surface area (Å²) in [6.45, 7) is 4.91. The monoisotopic (exact) mass is 932 g/mol. The third-order valence-electron chi connectivity index (χ3n) is 14.1. The highest BCUT2D eigenvalue weighted by Crippen LogP contribution is 2.18. The third kappa shape index (κ3) is 52.0. The van der Waals surface area contributed by atoms with Crippen molar-refractivity contribution in [2.45, 2.75) is 347 Å². The molecule has 2 atom stereocenters. The SMILES string of the molecule is CCCCCCCCCCC/C=C/C(O)C(CO)NC(=O)CCCCCCCCCCCCCCCCCCCCCCOC(=O)CCCCCCCCCCCCCCCCCCCC. The first kappa shape index (κ1) is 64.6. The normalized spacial score (nSPS) is 12.6. The Labute approximate surface area is 412 Å². The molecule has 0 radical (unpaired) electrons. The van der Waals surface area contributed by atoms with Gasteiger partial charge in [0.25, 0.3) is 0 Å². The van der Waals surface area contributed by atoms with Crippen molar-refractivity contribution in [1.82, 2.24) is 5.32 Å². The summed E-state index contributed by atoms with van der Waals surface area (Å²) in [7, 11) is 0. The van der Waals surface area contributed by atoms with Gasteiger partial charge in [-0.3, -0.25) is 9.59 Å². The molecule has 6 nitrogen and oxygen atoms in total. The summed E-state index contributed by atoms with van der Waals surface area (Å²) in [6.07, 6.45) is 66.8. The fourth-order valence-electron chi connectivity index (χ4n) is 9.46. The van der Waals surface area contributed by atoms with Crippen LogP contribution in [0.2, 0.25) is 0 Å². The number of rotatable bonds is 56. The largest absolute Gasteiger partial charge is 0.466 e. The second kappa shape index (κ2) is 56.2. The summed E-state index contributed by atoms with van der Waals surface area (Å²) in [5, 5.41) is 23.0. The molecule has 66 heavy (non-hydrogen) atoms. The predicted molar refractivity (Wildman–Crippen MR) is 287 cm³/mol. The van der Waals surface area contributed by atoms with E-state index in [1.807, 2.05) is 6.08 Å². The van der Waals surface area contributed by atoms with Crippen LogP contribution in [0.25, 0.3) is 0 Å². The maximum Gasteiger partial charge on any atom is 0.305 e. The zero-order valence-corrected chi connectivity index (χ0v) is 44.7. The minimum Gasteiger partial charge on any atom is -0.466 e. The maximum atomic E-state index is 12.4. The standard InChI is InChI=1S/C60H117NO5/c1-3-5-7-9-11-13-15-16-17-18-24-27-30-34-38-42-46-50-54-60(65)66-55-51-47-43-39-35-31-28-25-22-20-19-21-23-26-29-33-37-41-45-49-53-59(64)61-57(56-62)58(63)52-48-44-40-36-32-14-12-10-8-6-4-2/h48,52,57-58,62-63H,3-47,49-51,53-56H2,1-2H3,(H,61,64)/b52-48+. The Bertz CT molecular complexity index is 986. The van der Waals surface area contributed by atoms with Crippen molar-refractivity contribution in [3.05, 3.63) is 12.2 Å². The van der Waals surface area contributed by atoms with E-state index in [0.717, 1.165) is 38.5 Å². The first-order valence-electron chi connectivity index (χ1n) is 30.0. The van der Waals surface area contributed by atoms with E-state index in [1.165, 1.54) is 270 Å². The number of nitrogens with one attached hydrogen (secondary N) is 1. The van der Waals surface area contributed by atoms with Gasteiger partial charge in [0.15, 0.2) is 0 Å². The molecular weight excluding hydrogens is 815 g/mol. The Kier molecular flexibility index (Phi) is 55.0. The van der Waals surface area contributed by atoms with Crippen LogP contribution in [0.4, 0.5) is 0 Å². The number of amides is 1. The van der Waals surface area contributed by atoms with Gasteiger partial charge in [0.1, 0.15) is 0 Å². The van der Waals surface area contributed by atoms with Gasteiger partial charge in [0.2, 0.25) is 5.91 Å². The van der Waals surface area contributed by atoms with Gasteiger partial charge < -0.3 is 20.3 Å². The van der Waals surface area contributed by atoms with E-state index < -0.39 is 12.1 Å². The number of carbonyl (C=O) groups excluding carboxylic acids is 2. The zero-order valence-electron chi connectivity index (χ0n) is 44.7. The fraction of sp³-hybridized carbons (Fsp3) is 0.933. The Morgan fingerprint density at radius 1 is 0.409 bits per heavy atom. The second-order valence-electron chi connectivity index (χ2n) is 20.7. The maximum absolute atomic E-state index is 12.4. The number of unbranched alkanes of at least 4 members (excludes halogenated alkanes) is 45. The molecule has 0 aliphatic heterocycles. The molecule has 0 aliphatic rings. The number of allylic oxidation sites excluding steroid dienone is 1. The molecule has 0 spiro atoms. The Balaban J connectivity index is 3.36. The highest BCUT2D eigenvalue weighted by molar-refractivity contribution is 5.76. The van der Waals surface area contributed by atoms with E-state index in [2.05, 4.69) is 19.2 Å². The number of hydrogen-bond acceptors (Lipinski definition) is 5. The molecule has 0 fully saturated rings.